The molecule has 0 rings (SSSR count). The third-order valence-corrected chi connectivity index (χ3v) is 19.9. The second-order valence-corrected chi connectivity index (χ2v) is 31.1. The Kier molecular flexibility index (Phi) is 68.7. The lowest BCUT2D eigenvalue weighted by Crippen LogP contribution is -2.30. The van der Waals surface area contributed by atoms with Gasteiger partial charge in [0.05, 0.1) is 26.4 Å². The van der Waals surface area contributed by atoms with Crippen molar-refractivity contribution < 1.29 is 80.2 Å². The summed E-state index contributed by atoms with van der Waals surface area (Å²) in [6.45, 7) is 7.24. The molecule has 0 aromatic heterocycles. The summed E-state index contributed by atoms with van der Waals surface area (Å²) in [7, 11) is -9.90. The van der Waals surface area contributed by atoms with Crippen LogP contribution in [0, 0.1) is 5.92 Å². The number of phosphoric ester groups is 2. The van der Waals surface area contributed by atoms with Gasteiger partial charge in [-0.1, -0.05) is 356 Å². The van der Waals surface area contributed by atoms with Crippen molar-refractivity contribution >= 4 is 39.5 Å². The average molecular weight is 1410 g/mol. The van der Waals surface area contributed by atoms with E-state index in [1.807, 2.05) is 0 Å². The molecule has 17 nitrogen and oxygen atoms in total. The summed E-state index contributed by atoms with van der Waals surface area (Å²) < 4.78 is 68.3. The Bertz CT molecular complexity index is 1840. The smallest absolute Gasteiger partial charge is 0.462 e. The summed E-state index contributed by atoms with van der Waals surface area (Å²) in [4.78, 5) is 72.5. The molecule has 0 amide bonds. The number of esters is 4. The molecule has 19 heteroatoms. The molecule has 5 atom stereocenters. The minimum Gasteiger partial charge on any atom is -0.462 e. The molecule has 0 radical (unpaired) electrons. The second kappa shape index (κ2) is 70.1. The average Bonchev–Trinajstić information content (AvgIpc) is 1.25. The number of phosphoric acid groups is 2. The van der Waals surface area contributed by atoms with Gasteiger partial charge in [-0.2, -0.15) is 0 Å². The number of rotatable bonds is 77. The highest BCUT2D eigenvalue weighted by Gasteiger charge is 2.30. The van der Waals surface area contributed by atoms with E-state index in [0.717, 1.165) is 102 Å². The molecular formula is C77H150O17P2. The van der Waals surface area contributed by atoms with E-state index in [0.29, 0.717) is 25.7 Å². The Morgan fingerprint density at radius 3 is 0.708 bits per heavy atom. The summed E-state index contributed by atoms with van der Waals surface area (Å²) >= 11 is 0. The number of hydrogen-bond acceptors (Lipinski definition) is 15. The van der Waals surface area contributed by atoms with Crippen LogP contribution >= 0.6 is 15.6 Å². The summed E-state index contributed by atoms with van der Waals surface area (Å²) in [6.07, 6.45) is 60.2. The number of aliphatic hydroxyl groups is 1. The van der Waals surface area contributed by atoms with Gasteiger partial charge in [0, 0.05) is 25.7 Å². The molecule has 0 saturated heterocycles. The lowest BCUT2D eigenvalue weighted by Gasteiger charge is -2.21. The molecule has 0 aromatic rings. The van der Waals surface area contributed by atoms with E-state index in [9.17, 15) is 43.2 Å². The van der Waals surface area contributed by atoms with Gasteiger partial charge in [-0.05, 0) is 31.6 Å². The van der Waals surface area contributed by atoms with Gasteiger partial charge in [-0.3, -0.25) is 37.3 Å². The normalized spacial score (nSPS) is 13.9. The maximum atomic E-state index is 13.1. The first-order valence-corrected chi connectivity index (χ1v) is 43.1. The maximum Gasteiger partial charge on any atom is 0.472 e. The van der Waals surface area contributed by atoms with Crippen LogP contribution in [0.4, 0.5) is 0 Å². The summed E-state index contributed by atoms with van der Waals surface area (Å²) in [5, 5.41) is 10.6. The van der Waals surface area contributed by atoms with E-state index in [-0.39, 0.29) is 25.7 Å². The number of hydrogen-bond donors (Lipinski definition) is 3. The Morgan fingerprint density at radius 2 is 0.479 bits per heavy atom. The van der Waals surface area contributed by atoms with Crippen molar-refractivity contribution in [1.82, 2.24) is 0 Å². The van der Waals surface area contributed by atoms with Crippen LogP contribution in [0.2, 0.25) is 0 Å². The first-order valence-electron chi connectivity index (χ1n) is 40.1. The monoisotopic (exact) mass is 1410 g/mol. The van der Waals surface area contributed by atoms with Crippen LogP contribution < -0.4 is 0 Å². The van der Waals surface area contributed by atoms with Crippen molar-refractivity contribution in [2.24, 2.45) is 5.92 Å². The highest BCUT2D eigenvalue weighted by Crippen LogP contribution is 2.45. The van der Waals surface area contributed by atoms with Gasteiger partial charge in [0.2, 0.25) is 0 Å². The van der Waals surface area contributed by atoms with Crippen molar-refractivity contribution in [2.75, 3.05) is 39.6 Å². The van der Waals surface area contributed by atoms with Gasteiger partial charge < -0.3 is 33.8 Å². The van der Waals surface area contributed by atoms with Crippen molar-refractivity contribution in [3.05, 3.63) is 0 Å². The third kappa shape index (κ3) is 70.5. The highest BCUT2D eigenvalue weighted by molar-refractivity contribution is 7.47. The topological polar surface area (TPSA) is 237 Å². The fourth-order valence-electron chi connectivity index (χ4n) is 11.9. The highest BCUT2D eigenvalue weighted by atomic mass is 31.2. The van der Waals surface area contributed by atoms with E-state index in [1.54, 1.807) is 0 Å². The Labute approximate surface area is 588 Å². The summed E-state index contributed by atoms with van der Waals surface area (Å²) in [6, 6.07) is 0. The Hall–Kier alpha value is -1.94. The number of unbranched alkanes of at least 4 members (excludes halogenated alkanes) is 49. The van der Waals surface area contributed by atoms with Gasteiger partial charge in [0.25, 0.3) is 0 Å². The molecule has 3 N–H and O–H groups in total. The van der Waals surface area contributed by atoms with Crippen molar-refractivity contribution in [3.8, 4) is 0 Å². The zero-order valence-corrected chi connectivity index (χ0v) is 64.3. The third-order valence-electron chi connectivity index (χ3n) is 18.0. The molecule has 0 fully saturated rings. The van der Waals surface area contributed by atoms with Crippen molar-refractivity contribution in [3.63, 3.8) is 0 Å². The number of carbonyl (C=O) groups excluding carboxylic acids is 4. The molecular weight excluding hydrogens is 1260 g/mol. The fourth-order valence-corrected chi connectivity index (χ4v) is 13.5. The molecule has 0 bridgehead atoms. The van der Waals surface area contributed by atoms with Gasteiger partial charge in [0.1, 0.15) is 19.3 Å². The Morgan fingerprint density at radius 1 is 0.281 bits per heavy atom. The minimum atomic E-state index is -4.96. The second-order valence-electron chi connectivity index (χ2n) is 28.2. The van der Waals surface area contributed by atoms with E-state index in [4.69, 9.17) is 37.0 Å². The number of aliphatic hydroxyl groups excluding tert-OH is 1. The van der Waals surface area contributed by atoms with Gasteiger partial charge in [-0.25, -0.2) is 9.13 Å². The largest absolute Gasteiger partial charge is 0.472 e. The van der Waals surface area contributed by atoms with E-state index in [1.165, 1.54) is 225 Å². The zero-order valence-electron chi connectivity index (χ0n) is 62.5. The molecule has 0 spiro atoms. The lowest BCUT2D eigenvalue weighted by molar-refractivity contribution is -0.161. The predicted molar refractivity (Wildman–Crippen MR) is 391 cm³/mol. The van der Waals surface area contributed by atoms with Gasteiger partial charge >= 0.3 is 39.5 Å². The maximum absolute atomic E-state index is 13.1. The minimum absolute atomic E-state index is 0.107. The Balaban J connectivity index is 5.12. The molecule has 0 saturated carbocycles. The predicted octanol–water partition coefficient (Wildman–Crippen LogP) is 22.9. The first-order chi connectivity index (χ1) is 46.5. The fraction of sp³-hybridized carbons (Fsp3) is 0.948. The molecule has 0 aliphatic heterocycles. The number of ether oxygens (including phenoxy) is 4. The molecule has 96 heavy (non-hydrogen) atoms. The molecule has 570 valence electrons. The van der Waals surface area contributed by atoms with Crippen LogP contribution in [0.1, 0.15) is 407 Å². The SMILES string of the molecule is CCCCCCCCCCCCCCCCCCCCCCC(=O)O[C@H](COC(=O)CCCCCCCCCCCCCCCCCCC(C)C)COP(=O)(O)OC[C@@H](O)COP(=O)(O)OC[C@@H](COC(=O)CCCCCCC)OC(=O)CCCCCCCCCCCCCC. The van der Waals surface area contributed by atoms with E-state index < -0.39 is 97.5 Å². The summed E-state index contributed by atoms with van der Waals surface area (Å²) in [5.41, 5.74) is 0. The molecule has 2 unspecified atom stereocenters. The zero-order chi connectivity index (χ0) is 70.5. The van der Waals surface area contributed by atoms with Crippen LogP contribution in [-0.2, 0) is 65.4 Å². The van der Waals surface area contributed by atoms with E-state index in [2.05, 4.69) is 34.6 Å². The lowest BCUT2D eigenvalue weighted by atomic mass is 10.0. The quantitative estimate of drug-likeness (QED) is 0.0222. The van der Waals surface area contributed by atoms with Crippen molar-refractivity contribution in [2.45, 2.75) is 425 Å². The van der Waals surface area contributed by atoms with Crippen LogP contribution in [0.15, 0.2) is 0 Å². The molecule has 0 aliphatic rings. The van der Waals surface area contributed by atoms with Crippen LogP contribution in [0.5, 0.6) is 0 Å². The summed E-state index contributed by atoms with van der Waals surface area (Å²) in [5.74, 6) is -1.31. The van der Waals surface area contributed by atoms with Crippen LogP contribution in [0.25, 0.3) is 0 Å². The molecule has 0 heterocycles. The molecule has 0 aliphatic carbocycles. The first kappa shape index (κ1) is 94.1. The van der Waals surface area contributed by atoms with Crippen molar-refractivity contribution in [1.29, 1.82) is 0 Å². The van der Waals surface area contributed by atoms with Crippen LogP contribution in [-0.4, -0.2) is 96.7 Å². The van der Waals surface area contributed by atoms with Gasteiger partial charge in [-0.15, -0.1) is 0 Å². The van der Waals surface area contributed by atoms with Gasteiger partial charge in [0.15, 0.2) is 12.2 Å². The standard InChI is InChI=1S/C77H150O17P2/c1-6-9-12-15-17-19-21-23-24-25-26-27-28-33-36-40-44-48-53-58-63-77(82)94-73(67-88-75(80)61-56-51-46-42-39-35-32-30-29-31-34-37-41-45-50-54-59-70(4)5)69-92-96(85,86)90-65-71(78)64-89-95(83,84)91-68-72(66-87-74(79)60-55-49-14-11-8-3)93-76(81)62-57-52-47-43-38-22-20-18-16-13-10-7-2/h70-73,78H,6-69H2,1-5H3,(H,83,84)(H,85,86)/t71-,72+,73+/m0/s1. The van der Waals surface area contributed by atoms with E-state index >= 15 is 0 Å². The number of carbonyl (C=O) groups is 4. The molecule has 0 aromatic carbocycles. The van der Waals surface area contributed by atoms with Crippen LogP contribution in [0.3, 0.4) is 0 Å².